The number of nitrogens with zero attached hydrogens (tertiary/aromatic N) is 2. The highest BCUT2D eigenvalue weighted by molar-refractivity contribution is 7.91. The van der Waals surface area contributed by atoms with Crippen molar-refractivity contribution < 1.29 is 22.7 Å². The van der Waals surface area contributed by atoms with Gasteiger partial charge in [0.15, 0.2) is 15.5 Å². The first kappa shape index (κ1) is 22.5. The number of amides is 2. The first-order valence-corrected chi connectivity index (χ1v) is 12.2. The number of carbonyl (C=O) groups is 2. The fourth-order valence-electron chi connectivity index (χ4n) is 3.80. The minimum Gasteiger partial charge on any atom is -0.497 e. The number of methoxy groups -OCH3 is 1. The van der Waals surface area contributed by atoms with Crippen LogP contribution in [0.25, 0.3) is 11.3 Å². The second kappa shape index (κ2) is 9.07. The van der Waals surface area contributed by atoms with Crippen molar-refractivity contribution in [3.63, 3.8) is 0 Å². The quantitative estimate of drug-likeness (QED) is 0.574. The molecule has 0 aliphatic carbocycles. The molecule has 0 saturated carbocycles. The Labute approximate surface area is 191 Å². The van der Waals surface area contributed by atoms with Gasteiger partial charge >= 0.3 is 0 Å². The molecule has 172 valence electrons. The lowest BCUT2D eigenvalue weighted by Crippen LogP contribution is -2.16. The lowest BCUT2D eigenvalue weighted by Gasteiger charge is -2.13. The van der Waals surface area contributed by atoms with Crippen LogP contribution in [0.5, 0.6) is 5.75 Å². The normalized spacial score (nSPS) is 16.8. The largest absolute Gasteiger partial charge is 0.497 e. The standard InChI is InChI=1S/C23H24N4O5S/c1-15(28)24-17-4-3-5-18(12-17)25-23(29)21-13-22(16-6-8-20(32-2)9-7-16)27(26-21)19-10-11-33(30,31)14-19/h3-9,12-13,19H,10-11,14H2,1-2H3,(H,24,28)(H,25,29)/t19-/m1/s1. The number of nitrogens with one attached hydrogen (secondary N) is 2. The highest BCUT2D eigenvalue weighted by Gasteiger charge is 2.32. The van der Waals surface area contributed by atoms with Crippen LogP contribution in [0.2, 0.25) is 0 Å². The van der Waals surface area contributed by atoms with Crippen LogP contribution in [0, 0.1) is 0 Å². The molecule has 0 spiro atoms. The predicted molar refractivity (Wildman–Crippen MR) is 125 cm³/mol. The molecule has 33 heavy (non-hydrogen) atoms. The highest BCUT2D eigenvalue weighted by Crippen LogP contribution is 2.31. The third-order valence-electron chi connectivity index (χ3n) is 5.35. The van der Waals surface area contributed by atoms with Crippen LogP contribution in [0.1, 0.15) is 29.9 Å². The van der Waals surface area contributed by atoms with Crippen molar-refractivity contribution in [2.24, 2.45) is 0 Å². The van der Waals surface area contributed by atoms with Gasteiger partial charge in [0, 0.05) is 23.9 Å². The third kappa shape index (κ3) is 5.23. The molecule has 10 heteroatoms. The molecule has 4 rings (SSSR count). The Bertz CT molecular complexity index is 1300. The number of hydrogen-bond acceptors (Lipinski definition) is 6. The zero-order valence-corrected chi connectivity index (χ0v) is 19.1. The summed E-state index contributed by atoms with van der Waals surface area (Å²) >= 11 is 0. The van der Waals surface area contributed by atoms with Crippen molar-refractivity contribution in [1.29, 1.82) is 0 Å². The molecule has 0 bridgehead atoms. The predicted octanol–water partition coefficient (Wildman–Crippen LogP) is 3.13. The maximum Gasteiger partial charge on any atom is 0.276 e. The monoisotopic (exact) mass is 468 g/mol. The van der Waals surface area contributed by atoms with Crippen molar-refractivity contribution in [1.82, 2.24) is 9.78 Å². The average molecular weight is 469 g/mol. The van der Waals surface area contributed by atoms with Crippen molar-refractivity contribution in [3.8, 4) is 17.0 Å². The molecule has 2 N–H and O–H groups in total. The van der Waals surface area contributed by atoms with E-state index in [1.165, 1.54) is 6.92 Å². The number of hydrogen-bond donors (Lipinski definition) is 2. The van der Waals surface area contributed by atoms with E-state index in [1.54, 1.807) is 54.3 Å². The van der Waals surface area contributed by atoms with Gasteiger partial charge in [-0.25, -0.2) is 8.42 Å². The summed E-state index contributed by atoms with van der Waals surface area (Å²) in [6, 6.07) is 15.4. The van der Waals surface area contributed by atoms with Crippen molar-refractivity contribution in [2.75, 3.05) is 29.2 Å². The molecule has 1 saturated heterocycles. The summed E-state index contributed by atoms with van der Waals surface area (Å²) < 4.78 is 31.0. The van der Waals surface area contributed by atoms with Crippen LogP contribution in [0.4, 0.5) is 11.4 Å². The Morgan fingerprint density at radius 1 is 1.06 bits per heavy atom. The van der Waals surface area contributed by atoms with E-state index in [9.17, 15) is 18.0 Å². The SMILES string of the molecule is COc1ccc(-c2cc(C(=O)Nc3cccc(NC(C)=O)c3)nn2[C@@H]2CCS(=O)(=O)C2)cc1. The number of aromatic nitrogens is 2. The zero-order valence-electron chi connectivity index (χ0n) is 18.2. The Morgan fingerprint density at radius 3 is 2.36 bits per heavy atom. The van der Waals surface area contributed by atoms with E-state index < -0.39 is 15.7 Å². The molecule has 0 unspecified atom stereocenters. The van der Waals surface area contributed by atoms with Crippen LogP contribution in [-0.4, -0.2) is 48.6 Å². The summed E-state index contributed by atoms with van der Waals surface area (Å²) in [6.45, 7) is 1.40. The van der Waals surface area contributed by atoms with Gasteiger partial charge in [-0.3, -0.25) is 14.3 Å². The van der Waals surface area contributed by atoms with Gasteiger partial charge in [0.25, 0.3) is 5.91 Å². The van der Waals surface area contributed by atoms with Gasteiger partial charge in [0.05, 0.1) is 30.4 Å². The Kier molecular flexibility index (Phi) is 6.19. The van der Waals surface area contributed by atoms with Crippen LogP contribution in [-0.2, 0) is 14.6 Å². The summed E-state index contributed by atoms with van der Waals surface area (Å²) in [7, 11) is -1.57. The minimum atomic E-state index is -3.14. The van der Waals surface area contributed by atoms with Crippen LogP contribution in [0.15, 0.2) is 54.6 Å². The van der Waals surface area contributed by atoms with Gasteiger partial charge in [-0.15, -0.1) is 0 Å². The van der Waals surface area contributed by atoms with Gasteiger partial charge in [0.1, 0.15) is 5.75 Å². The van der Waals surface area contributed by atoms with Gasteiger partial charge in [-0.2, -0.15) is 5.10 Å². The number of ether oxygens (including phenoxy) is 1. The molecular weight excluding hydrogens is 444 g/mol. The molecule has 2 aromatic carbocycles. The van der Waals surface area contributed by atoms with E-state index >= 15 is 0 Å². The van der Waals surface area contributed by atoms with Crippen molar-refractivity contribution >= 4 is 33.0 Å². The Hall–Kier alpha value is -3.66. The lowest BCUT2D eigenvalue weighted by molar-refractivity contribution is -0.114. The van der Waals surface area contributed by atoms with E-state index in [0.717, 1.165) is 5.56 Å². The summed E-state index contributed by atoms with van der Waals surface area (Å²) in [5.41, 5.74) is 2.66. The number of rotatable bonds is 6. The Balaban J connectivity index is 1.65. The fraction of sp³-hybridized carbons (Fsp3) is 0.261. The van der Waals surface area contributed by atoms with Crippen LogP contribution >= 0.6 is 0 Å². The molecule has 1 aliphatic rings. The second-order valence-electron chi connectivity index (χ2n) is 7.86. The van der Waals surface area contributed by atoms with E-state index in [-0.39, 0.29) is 29.1 Å². The average Bonchev–Trinajstić information content (AvgIpc) is 3.37. The second-order valence-corrected chi connectivity index (χ2v) is 10.1. The zero-order chi connectivity index (χ0) is 23.6. The molecule has 1 atom stereocenters. The maximum absolute atomic E-state index is 13.0. The number of benzene rings is 2. The van der Waals surface area contributed by atoms with E-state index in [4.69, 9.17) is 4.74 Å². The number of sulfone groups is 1. The van der Waals surface area contributed by atoms with Crippen molar-refractivity contribution in [3.05, 3.63) is 60.3 Å². The molecule has 2 amide bonds. The minimum absolute atomic E-state index is 0.0162. The van der Waals surface area contributed by atoms with Crippen LogP contribution < -0.4 is 15.4 Å². The summed E-state index contributed by atoms with van der Waals surface area (Å²) in [5, 5.41) is 9.94. The number of carbonyl (C=O) groups excluding carboxylic acids is 2. The van der Waals surface area contributed by atoms with Gasteiger partial charge in [-0.1, -0.05) is 6.07 Å². The summed E-state index contributed by atoms with van der Waals surface area (Å²) in [4.78, 5) is 24.3. The molecule has 9 nitrogen and oxygen atoms in total. The van der Waals surface area contributed by atoms with E-state index in [1.807, 2.05) is 12.1 Å². The lowest BCUT2D eigenvalue weighted by atomic mass is 10.1. The molecule has 1 fully saturated rings. The van der Waals surface area contributed by atoms with Gasteiger partial charge < -0.3 is 15.4 Å². The smallest absolute Gasteiger partial charge is 0.276 e. The molecule has 3 aromatic rings. The van der Waals surface area contributed by atoms with E-state index in [2.05, 4.69) is 15.7 Å². The number of anilines is 2. The third-order valence-corrected chi connectivity index (χ3v) is 7.10. The van der Waals surface area contributed by atoms with E-state index in [0.29, 0.717) is 29.2 Å². The van der Waals surface area contributed by atoms with Crippen LogP contribution in [0.3, 0.4) is 0 Å². The van der Waals surface area contributed by atoms with Gasteiger partial charge in [-0.05, 0) is 55.0 Å². The molecule has 2 heterocycles. The molecule has 1 aliphatic heterocycles. The van der Waals surface area contributed by atoms with Crippen molar-refractivity contribution in [2.45, 2.75) is 19.4 Å². The van der Waals surface area contributed by atoms with Gasteiger partial charge in [0.2, 0.25) is 5.91 Å². The topological polar surface area (TPSA) is 119 Å². The molecule has 1 aromatic heterocycles. The summed E-state index contributed by atoms with van der Waals surface area (Å²) in [6.07, 6.45) is 0.437. The fourth-order valence-corrected chi connectivity index (χ4v) is 5.49. The highest BCUT2D eigenvalue weighted by atomic mass is 32.2. The first-order valence-electron chi connectivity index (χ1n) is 10.4. The summed E-state index contributed by atoms with van der Waals surface area (Å²) in [5.74, 6) is 0.108. The Morgan fingerprint density at radius 2 is 1.76 bits per heavy atom. The molecule has 0 radical (unpaired) electrons. The molecular formula is C23H24N4O5S. The first-order chi connectivity index (χ1) is 15.7. The maximum atomic E-state index is 13.0.